The number of benzene rings is 2. The highest BCUT2D eigenvalue weighted by Crippen LogP contribution is 2.24. The van der Waals surface area contributed by atoms with Crippen molar-refractivity contribution in [1.82, 2.24) is 39.8 Å². The molecule has 0 unspecified atom stereocenters. The molecule has 0 aliphatic carbocycles. The van der Waals surface area contributed by atoms with Crippen LogP contribution in [0.5, 0.6) is 0 Å². The molecule has 22 nitrogen and oxygen atoms in total. The molecule has 5 rings (SSSR count). The zero-order valence-electron chi connectivity index (χ0n) is 33.7. The van der Waals surface area contributed by atoms with Crippen molar-refractivity contribution >= 4 is 91.9 Å². The topological polar surface area (TPSA) is 263 Å². The maximum Gasteiger partial charge on any atom is 0.421 e. The summed E-state index contributed by atoms with van der Waals surface area (Å²) in [5.74, 6) is 4.90. The maximum atomic E-state index is 9.33. The normalized spacial score (nSPS) is 11.7. The zero-order valence-corrected chi connectivity index (χ0v) is 35.4. The number of anilines is 8. The Morgan fingerprint density at radius 1 is 0.717 bits per heavy atom. The maximum absolute atomic E-state index is 9.33. The third-order valence-corrected chi connectivity index (χ3v) is 10.2. The van der Waals surface area contributed by atoms with Crippen molar-refractivity contribution in [1.29, 1.82) is 0 Å². The Balaban J connectivity index is 1.08. The molecule has 0 amide bonds. The van der Waals surface area contributed by atoms with E-state index >= 15 is 0 Å². The summed E-state index contributed by atoms with van der Waals surface area (Å²) in [5.41, 5.74) is 2.85. The van der Waals surface area contributed by atoms with E-state index in [2.05, 4.69) is 94.2 Å². The highest BCUT2D eigenvalue weighted by molar-refractivity contribution is 8.76. The first-order valence-corrected chi connectivity index (χ1v) is 21.2. The predicted molar refractivity (Wildman–Crippen MR) is 238 cm³/mol. The number of aliphatic hydroxyl groups excluding tert-OH is 2. The van der Waals surface area contributed by atoms with Gasteiger partial charge in [0, 0.05) is 59.3 Å². The Labute approximate surface area is 355 Å². The fourth-order valence-corrected chi connectivity index (χ4v) is 6.65. The predicted octanol–water partition coefficient (Wildman–Crippen LogP) is 4.28. The van der Waals surface area contributed by atoms with Crippen LogP contribution in [0.1, 0.15) is 0 Å². The van der Waals surface area contributed by atoms with Gasteiger partial charge in [0.25, 0.3) is 0 Å². The van der Waals surface area contributed by atoms with E-state index in [-0.39, 0.29) is 19.8 Å². The molecule has 60 heavy (non-hydrogen) atoms. The van der Waals surface area contributed by atoms with Crippen LogP contribution in [0.15, 0.2) is 94.2 Å². The summed E-state index contributed by atoms with van der Waals surface area (Å²) in [7, 11) is 10.8. The summed E-state index contributed by atoms with van der Waals surface area (Å²) in [6.45, 7) is 5.36. The summed E-state index contributed by atoms with van der Waals surface area (Å²) in [6, 6.07) is 14.7. The second-order valence-corrected chi connectivity index (χ2v) is 15.0. The van der Waals surface area contributed by atoms with Crippen LogP contribution < -0.4 is 41.8 Å². The van der Waals surface area contributed by atoms with E-state index in [1.54, 1.807) is 39.4 Å². The standard InChI is InChI=1S/C36H48N20O2S2/c1-6-54(3)35(37-2)52-50-27-11-7-25(8-12-27)42-33-46-29(38-15-21-57)44-31(48-33)40-17-23-59-60-24-18-41-32-45-30(39-16-22-58)47-34(49-32)43-26-9-13-28(14-10-26)51-53-36-55(4)19-20-56(36)5/h6-14,19-20,57-58H,1,15-18,21-24H2,2-5H3,(H5,37,38,39,40,41,42,44,45,46,47,48,49,52)/p+2. The molecular formula is C36H50N20O2S2+2. The number of hydrogen-bond donors (Lipinski definition) is 9. The fourth-order valence-electron chi connectivity index (χ4n) is 4.84. The lowest BCUT2D eigenvalue weighted by Gasteiger charge is -2.11. The minimum absolute atomic E-state index is 0.0692. The lowest BCUT2D eigenvalue weighted by Crippen LogP contribution is -2.25. The molecule has 24 heteroatoms. The minimum Gasteiger partial charge on any atom is -0.395 e. The van der Waals surface area contributed by atoms with Crippen molar-refractivity contribution in [2.24, 2.45) is 34.6 Å². The van der Waals surface area contributed by atoms with Crippen LogP contribution in [0.25, 0.3) is 0 Å². The molecule has 0 spiro atoms. The average molecular weight is 859 g/mol. The fraction of sp³-hybridized carbons (Fsp3) is 0.333. The molecule has 0 bridgehead atoms. The molecule has 2 aromatic carbocycles. The van der Waals surface area contributed by atoms with Crippen molar-refractivity contribution in [3.8, 4) is 0 Å². The van der Waals surface area contributed by atoms with Crippen molar-refractivity contribution in [2.75, 3.05) is 96.9 Å². The van der Waals surface area contributed by atoms with E-state index in [1.807, 2.05) is 91.2 Å². The Bertz CT molecular complexity index is 2200. The highest BCUT2D eigenvalue weighted by Gasteiger charge is 2.12. The Morgan fingerprint density at radius 2 is 1.17 bits per heavy atom. The summed E-state index contributed by atoms with van der Waals surface area (Å²) in [6.07, 6.45) is 5.45. The largest absolute Gasteiger partial charge is 0.421 e. The number of nitrogens with zero attached hydrogens (tertiary/aromatic N) is 13. The third-order valence-electron chi connectivity index (χ3n) is 7.82. The summed E-state index contributed by atoms with van der Waals surface area (Å²) >= 11 is 0. The molecule has 3 heterocycles. The van der Waals surface area contributed by atoms with E-state index in [4.69, 9.17) is 0 Å². The average Bonchev–Trinajstić information content (AvgIpc) is 3.58. The molecule has 3 aromatic heterocycles. The monoisotopic (exact) mass is 858 g/mol. The Kier molecular flexibility index (Phi) is 17.7. The lowest BCUT2D eigenvalue weighted by molar-refractivity contribution is -0.657. The first-order chi connectivity index (χ1) is 29.3. The van der Waals surface area contributed by atoms with E-state index in [0.29, 0.717) is 72.7 Å². The minimum atomic E-state index is -0.0727. The molecule has 0 atom stereocenters. The van der Waals surface area contributed by atoms with Crippen LogP contribution >= 0.6 is 21.6 Å². The van der Waals surface area contributed by atoms with Gasteiger partial charge in [0.1, 0.15) is 11.4 Å². The molecule has 9 N–H and O–H groups in total. The SMILES string of the molecule is C=C[N+](C)=C(N=Nc1ccc(Nc2nc(NCCO)nc(NCCSSCCNc3nc(NCCO)nc(Nc4ccc(N=Nc5n(C)cc[n+]5C)cc4)n3)n2)cc1)NC. The van der Waals surface area contributed by atoms with Crippen LogP contribution in [0, 0.1) is 0 Å². The molecule has 316 valence electrons. The van der Waals surface area contributed by atoms with Gasteiger partial charge < -0.3 is 42.1 Å². The van der Waals surface area contributed by atoms with E-state index < -0.39 is 0 Å². The van der Waals surface area contributed by atoms with Gasteiger partial charge in [-0.05, 0) is 48.5 Å². The number of aryl methyl sites for hydroxylation is 2. The number of hydrogen-bond acceptors (Lipinski definition) is 19. The highest BCUT2D eigenvalue weighted by atomic mass is 33.1. The Hall–Kier alpha value is -6.50. The summed E-state index contributed by atoms with van der Waals surface area (Å²) < 4.78 is 5.49. The van der Waals surface area contributed by atoms with Gasteiger partial charge in [-0.2, -0.15) is 29.9 Å². The van der Waals surface area contributed by atoms with Gasteiger partial charge >= 0.3 is 11.9 Å². The number of aliphatic hydroxyl groups is 2. The second kappa shape index (κ2) is 23.8. The van der Waals surface area contributed by atoms with Crippen molar-refractivity contribution in [3.63, 3.8) is 0 Å². The van der Waals surface area contributed by atoms with Gasteiger partial charge in [-0.3, -0.25) is 5.32 Å². The number of aromatic nitrogens is 8. The molecule has 0 aliphatic rings. The van der Waals surface area contributed by atoms with Crippen molar-refractivity contribution in [2.45, 2.75) is 0 Å². The first kappa shape index (κ1) is 44.6. The number of nitrogens with one attached hydrogen (secondary N) is 7. The van der Waals surface area contributed by atoms with Crippen LogP contribution in [0.4, 0.5) is 64.4 Å². The molecule has 0 saturated heterocycles. The van der Waals surface area contributed by atoms with Crippen LogP contribution in [-0.2, 0) is 14.1 Å². The second-order valence-electron chi connectivity index (χ2n) is 12.3. The Morgan fingerprint density at radius 3 is 1.58 bits per heavy atom. The molecule has 0 saturated carbocycles. The van der Waals surface area contributed by atoms with Gasteiger partial charge in [-0.15, -0.1) is 0 Å². The number of rotatable bonds is 23. The van der Waals surface area contributed by atoms with Crippen molar-refractivity contribution < 1.29 is 19.4 Å². The van der Waals surface area contributed by atoms with E-state index in [0.717, 1.165) is 28.8 Å². The van der Waals surface area contributed by atoms with E-state index in [9.17, 15) is 10.2 Å². The van der Waals surface area contributed by atoms with Gasteiger partial charge in [0.05, 0.1) is 60.0 Å². The number of imidazole rings is 1. The molecular weight excluding hydrogens is 809 g/mol. The van der Waals surface area contributed by atoms with Crippen molar-refractivity contribution in [3.05, 3.63) is 73.7 Å². The summed E-state index contributed by atoms with van der Waals surface area (Å²) in [5, 5.41) is 57.7. The quantitative estimate of drug-likeness (QED) is 0.0111. The number of azo groups is 2. The van der Waals surface area contributed by atoms with Gasteiger partial charge in [-0.1, -0.05) is 38.4 Å². The van der Waals surface area contributed by atoms with Gasteiger partial charge in [0.15, 0.2) is 0 Å². The van der Waals surface area contributed by atoms with Crippen LogP contribution in [0.3, 0.4) is 0 Å². The van der Waals surface area contributed by atoms with Gasteiger partial charge in [-0.25, -0.2) is 13.7 Å². The van der Waals surface area contributed by atoms with E-state index in [1.165, 1.54) is 0 Å². The smallest absolute Gasteiger partial charge is 0.395 e. The van der Waals surface area contributed by atoms with Crippen LogP contribution in [-0.4, -0.2) is 120 Å². The first-order valence-electron chi connectivity index (χ1n) is 18.7. The molecule has 0 fully saturated rings. The van der Waals surface area contributed by atoms with Gasteiger partial charge in [0.2, 0.25) is 35.7 Å². The van der Waals surface area contributed by atoms with Crippen LogP contribution in [0.2, 0.25) is 0 Å². The zero-order chi connectivity index (χ0) is 42.5. The summed E-state index contributed by atoms with van der Waals surface area (Å²) in [4.78, 5) is 26.8. The third kappa shape index (κ3) is 14.4. The molecule has 0 aliphatic heterocycles. The molecule has 5 aromatic rings. The number of guanidine groups is 1. The molecule has 0 radical (unpaired) electrons. The lowest BCUT2D eigenvalue weighted by atomic mass is 10.3.